The molecule has 17 heavy (non-hydrogen) atoms. The van der Waals surface area contributed by atoms with Gasteiger partial charge >= 0.3 is 0 Å². The molecule has 2 nitrogen and oxygen atoms in total. The topological polar surface area (TPSA) is 29.1 Å². The van der Waals surface area contributed by atoms with Gasteiger partial charge in [-0.25, -0.2) is 0 Å². The van der Waals surface area contributed by atoms with Crippen LogP contribution in [0.1, 0.15) is 38.7 Å². The summed E-state index contributed by atoms with van der Waals surface area (Å²) in [6.45, 7) is 4.94. The van der Waals surface area contributed by atoms with Crippen molar-refractivity contribution in [3.05, 3.63) is 42.0 Å². The molecule has 0 heterocycles. The van der Waals surface area contributed by atoms with E-state index >= 15 is 0 Å². The van der Waals surface area contributed by atoms with Crippen LogP contribution in [-0.4, -0.2) is 12.5 Å². The third kappa shape index (κ3) is 4.85. The zero-order valence-corrected chi connectivity index (χ0v) is 10.7. The Morgan fingerprint density at radius 3 is 2.53 bits per heavy atom. The van der Waals surface area contributed by atoms with Crippen LogP contribution in [0.2, 0.25) is 0 Å². The van der Waals surface area contributed by atoms with Crippen molar-refractivity contribution in [3.63, 3.8) is 0 Å². The molecule has 0 spiro atoms. The largest absolute Gasteiger partial charge is 0.353 e. The number of hydrogen-bond donors (Lipinski definition) is 1. The Labute approximate surface area is 104 Å². The number of carbonyl (C=O) groups is 1. The Hall–Kier alpha value is -1.57. The van der Waals surface area contributed by atoms with Crippen molar-refractivity contribution in [1.29, 1.82) is 0 Å². The lowest BCUT2D eigenvalue weighted by molar-refractivity contribution is -0.116. The van der Waals surface area contributed by atoms with Crippen molar-refractivity contribution < 1.29 is 4.79 Å². The molecular formula is C15H21NO. The summed E-state index contributed by atoms with van der Waals surface area (Å²) in [5.74, 6) is 0.0131. The minimum Gasteiger partial charge on any atom is -0.353 e. The predicted octanol–water partition coefficient (Wildman–Crippen LogP) is 3.40. The van der Waals surface area contributed by atoms with Crippen molar-refractivity contribution in [3.8, 4) is 0 Å². The molecule has 0 radical (unpaired) electrons. The molecule has 1 rings (SSSR count). The molecular weight excluding hydrogens is 210 g/mol. The van der Waals surface area contributed by atoms with E-state index in [0.29, 0.717) is 0 Å². The second kappa shape index (κ2) is 7.66. The quantitative estimate of drug-likeness (QED) is 0.590. The number of carbonyl (C=O) groups excluding carboxylic acids is 1. The molecule has 1 amide bonds. The van der Waals surface area contributed by atoms with Gasteiger partial charge in [0.15, 0.2) is 0 Å². The first-order valence-electron chi connectivity index (χ1n) is 6.31. The molecule has 92 valence electrons. The van der Waals surface area contributed by atoms with Crippen LogP contribution in [0.5, 0.6) is 0 Å². The number of rotatable bonds is 6. The molecule has 1 N–H and O–H groups in total. The van der Waals surface area contributed by atoms with Crippen LogP contribution in [-0.2, 0) is 4.79 Å². The molecule has 0 unspecified atom stereocenters. The minimum atomic E-state index is 0.0131. The molecule has 0 aliphatic carbocycles. The van der Waals surface area contributed by atoms with Crippen LogP contribution in [0.15, 0.2) is 36.4 Å². The molecule has 0 bridgehead atoms. The zero-order valence-electron chi connectivity index (χ0n) is 10.7. The Morgan fingerprint density at radius 1 is 1.24 bits per heavy atom. The second-order valence-corrected chi connectivity index (χ2v) is 4.03. The molecule has 1 aromatic carbocycles. The van der Waals surface area contributed by atoms with E-state index < -0.39 is 0 Å². The first-order chi connectivity index (χ1) is 8.27. The van der Waals surface area contributed by atoms with E-state index in [0.717, 1.165) is 36.9 Å². The summed E-state index contributed by atoms with van der Waals surface area (Å²) < 4.78 is 0. The highest BCUT2D eigenvalue weighted by Crippen LogP contribution is 2.16. The fraction of sp³-hybridized carbons (Fsp3) is 0.400. The number of unbranched alkanes of at least 4 members (excludes halogenated alkanes) is 1. The third-order valence-corrected chi connectivity index (χ3v) is 2.66. The first-order valence-corrected chi connectivity index (χ1v) is 6.31. The van der Waals surface area contributed by atoms with Crippen molar-refractivity contribution in [1.82, 2.24) is 5.32 Å². The summed E-state index contributed by atoms with van der Waals surface area (Å²) in [5.41, 5.74) is 2.21. The number of hydrogen-bond acceptors (Lipinski definition) is 1. The van der Waals surface area contributed by atoms with E-state index in [-0.39, 0.29) is 5.91 Å². The maximum Gasteiger partial charge on any atom is 0.244 e. The van der Waals surface area contributed by atoms with Gasteiger partial charge in [0.2, 0.25) is 5.91 Å². The van der Waals surface area contributed by atoms with E-state index in [1.165, 1.54) is 0 Å². The molecule has 0 aliphatic heterocycles. The monoisotopic (exact) mass is 231 g/mol. The van der Waals surface area contributed by atoms with Crippen LogP contribution >= 0.6 is 0 Å². The summed E-state index contributed by atoms with van der Waals surface area (Å²) >= 11 is 0. The average molecular weight is 231 g/mol. The van der Waals surface area contributed by atoms with Crippen molar-refractivity contribution >= 4 is 11.5 Å². The Morgan fingerprint density at radius 2 is 1.94 bits per heavy atom. The molecule has 0 atom stereocenters. The highest BCUT2D eigenvalue weighted by atomic mass is 16.1. The number of amides is 1. The predicted molar refractivity (Wildman–Crippen MR) is 72.6 cm³/mol. The molecule has 0 saturated carbocycles. The molecule has 0 fully saturated rings. The first kappa shape index (κ1) is 13.5. The van der Waals surface area contributed by atoms with Gasteiger partial charge in [0, 0.05) is 12.6 Å². The lowest BCUT2D eigenvalue weighted by atomic mass is 10.0. The van der Waals surface area contributed by atoms with Crippen molar-refractivity contribution in [2.24, 2.45) is 0 Å². The van der Waals surface area contributed by atoms with Crippen LogP contribution in [0.4, 0.5) is 0 Å². The van der Waals surface area contributed by atoms with Gasteiger partial charge in [0.1, 0.15) is 0 Å². The Balaban J connectivity index is 2.64. The lowest BCUT2D eigenvalue weighted by Gasteiger charge is -2.05. The van der Waals surface area contributed by atoms with E-state index in [9.17, 15) is 4.79 Å². The molecule has 0 saturated heterocycles. The van der Waals surface area contributed by atoms with Crippen molar-refractivity contribution in [2.75, 3.05) is 6.54 Å². The fourth-order valence-electron chi connectivity index (χ4n) is 1.64. The normalized spacial score (nSPS) is 11.3. The van der Waals surface area contributed by atoms with Gasteiger partial charge in [-0.05, 0) is 24.0 Å². The van der Waals surface area contributed by atoms with Crippen LogP contribution in [0.25, 0.3) is 5.57 Å². The number of allylic oxidation sites excluding steroid dienone is 1. The average Bonchev–Trinajstić information content (AvgIpc) is 2.37. The highest BCUT2D eigenvalue weighted by Gasteiger charge is 2.02. The molecule has 0 aliphatic rings. The van der Waals surface area contributed by atoms with Gasteiger partial charge in [-0.15, -0.1) is 0 Å². The zero-order chi connectivity index (χ0) is 12.5. The van der Waals surface area contributed by atoms with E-state index in [4.69, 9.17) is 0 Å². The standard InChI is InChI=1S/C15H21NO/c1-3-5-11-16-15(17)12-13(4-2)14-9-7-6-8-10-14/h6-10,12H,3-5,11H2,1-2H3,(H,16,17)/b13-12+. The minimum absolute atomic E-state index is 0.0131. The summed E-state index contributed by atoms with van der Waals surface area (Å²) in [7, 11) is 0. The highest BCUT2D eigenvalue weighted by molar-refractivity contribution is 5.95. The molecule has 0 aromatic heterocycles. The van der Waals surface area contributed by atoms with Crippen LogP contribution in [0, 0.1) is 0 Å². The third-order valence-electron chi connectivity index (χ3n) is 2.66. The second-order valence-electron chi connectivity index (χ2n) is 4.03. The summed E-state index contributed by atoms with van der Waals surface area (Å²) in [4.78, 5) is 11.7. The van der Waals surface area contributed by atoms with Gasteiger partial charge in [0.25, 0.3) is 0 Å². The summed E-state index contributed by atoms with van der Waals surface area (Å²) in [6.07, 6.45) is 4.71. The van der Waals surface area contributed by atoms with E-state index in [1.54, 1.807) is 6.08 Å². The van der Waals surface area contributed by atoms with Gasteiger partial charge < -0.3 is 5.32 Å². The number of nitrogens with one attached hydrogen (secondary N) is 1. The van der Waals surface area contributed by atoms with Crippen LogP contribution < -0.4 is 5.32 Å². The van der Waals surface area contributed by atoms with Gasteiger partial charge in [-0.1, -0.05) is 50.6 Å². The lowest BCUT2D eigenvalue weighted by Crippen LogP contribution is -2.22. The van der Waals surface area contributed by atoms with Gasteiger partial charge in [0.05, 0.1) is 0 Å². The summed E-state index contributed by atoms with van der Waals surface area (Å²) in [6, 6.07) is 10.0. The van der Waals surface area contributed by atoms with Gasteiger partial charge in [-0.2, -0.15) is 0 Å². The Bertz CT molecular complexity index is 368. The molecule has 2 heteroatoms. The van der Waals surface area contributed by atoms with E-state index in [1.807, 2.05) is 30.3 Å². The number of benzene rings is 1. The van der Waals surface area contributed by atoms with Crippen molar-refractivity contribution in [2.45, 2.75) is 33.1 Å². The SMILES string of the molecule is CCCCNC(=O)/C=C(\CC)c1ccccc1. The molecule has 1 aromatic rings. The summed E-state index contributed by atoms with van der Waals surface area (Å²) in [5, 5.41) is 2.90. The fourth-order valence-corrected chi connectivity index (χ4v) is 1.64. The van der Waals surface area contributed by atoms with Gasteiger partial charge in [-0.3, -0.25) is 4.79 Å². The maximum atomic E-state index is 11.7. The maximum absolute atomic E-state index is 11.7. The van der Waals surface area contributed by atoms with Crippen LogP contribution in [0.3, 0.4) is 0 Å². The Kier molecular flexibility index (Phi) is 6.08. The van der Waals surface area contributed by atoms with E-state index in [2.05, 4.69) is 19.2 Å². The smallest absolute Gasteiger partial charge is 0.244 e.